The largest absolute Gasteiger partial charge is 0.490 e. The fourth-order valence-corrected chi connectivity index (χ4v) is 3.60. The molecule has 4 rings (SSSR count). The summed E-state index contributed by atoms with van der Waals surface area (Å²) in [7, 11) is 0. The number of carbonyl (C=O) groups excluding carboxylic acids is 1. The van der Waals surface area contributed by atoms with Gasteiger partial charge >= 0.3 is 5.97 Å². The first-order chi connectivity index (χ1) is 16.9. The minimum atomic E-state index is -0.646. The summed E-state index contributed by atoms with van der Waals surface area (Å²) in [5.41, 5.74) is 2.36. The highest BCUT2D eigenvalue weighted by atomic mass is 35.5. The highest BCUT2D eigenvalue weighted by Gasteiger charge is 2.27. The molecule has 178 valence electrons. The Kier molecular flexibility index (Phi) is 7.12. The van der Waals surface area contributed by atoms with Crippen molar-refractivity contribution in [2.75, 3.05) is 6.61 Å². The van der Waals surface area contributed by atoms with E-state index in [4.69, 9.17) is 25.8 Å². The maximum atomic E-state index is 12.4. The van der Waals surface area contributed by atoms with Crippen LogP contribution >= 0.6 is 11.6 Å². The van der Waals surface area contributed by atoms with Crippen LogP contribution in [0, 0.1) is 17.0 Å². The SMILES string of the molecule is CCOc1cc(/C=C2\N=C(c3cccc([N+](=O)[O-])c3C)OC2=O)ccc1OCc1ccc(Cl)cc1. The van der Waals surface area contributed by atoms with E-state index >= 15 is 0 Å². The molecule has 0 N–H and O–H groups in total. The first-order valence-corrected chi connectivity index (χ1v) is 11.1. The van der Waals surface area contributed by atoms with Crippen LogP contribution in [0.2, 0.25) is 5.02 Å². The Bertz CT molecular complexity index is 1350. The average molecular weight is 493 g/mol. The molecule has 0 radical (unpaired) electrons. The molecule has 35 heavy (non-hydrogen) atoms. The molecule has 0 fully saturated rings. The molecule has 0 saturated heterocycles. The molecule has 0 bridgehead atoms. The normalized spacial score (nSPS) is 14.0. The van der Waals surface area contributed by atoms with Crippen LogP contribution in [-0.4, -0.2) is 23.4 Å². The molecule has 0 amide bonds. The van der Waals surface area contributed by atoms with Crippen LogP contribution < -0.4 is 9.47 Å². The van der Waals surface area contributed by atoms with Gasteiger partial charge in [-0.15, -0.1) is 0 Å². The van der Waals surface area contributed by atoms with E-state index < -0.39 is 10.9 Å². The van der Waals surface area contributed by atoms with Crippen LogP contribution in [-0.2, 0) is 16.1 Å². The minimum absolute atomic E-state index is 0.0235. The van der Waals surface area contributed by atoms with Crippen molar-refractivity contribution in [2.24, 2.45) is 4.99 Å². The van der Waals surface area contributed by atoms with E-state index in [1.54, 1.807) is 49.4 Å². The average Bonchev–Trinajstić information content (AvgIpc) is 3.19. The van der Waals surface area contributed by atoms with Crippen molar-refractivity contribution in [1.82, 2.24) is 0 Å². The van der Waals surface area contributed by atoms with Gasteiger partial charge in [0.05, 0.1) is 11.5 Å². The van der Waals surface area contributed by atoms with Crippen molar-refractivity contribution in [3.8, 4) is 11.5 Å². The number of cyclic esters (lactones) is 1. The number of rotatable bonds is 8. The lowest BCUT2D eigenvalue weighted by Gasteiger charge is -2.13. The van der Waals surface area contributed by atoms with E-state index in [-0.39, 0.29) is 17.3 Å². The molecule has 3 aromatic rings. The highest BCUT2D eigenvalue weighted by molar-refractivity contribution is 6.30. The third-order valence-electron chi connectivity index (χ3n) is 5.23. The number of esters is 1. The van der Waals surface area contributed by atoms with Crippen molar-refractivity contribution >= 4 is 35.2 Å². The van der Waals surface area contributed by atoms with Crippen molar-refractivity contribution in [3.05, 3.63) is 104 Å². The van der Waals surface area contributed by atoms with Crippen LogP contribution in [0.4, 0.5) is 5.69 Å². The van der Waals surface area contributed by atoms with Gasteiger partial charge in [0.15, 0.2) is 17.2 Å². The summed E-state index contributed by atoms with van der Waals surface area (Å²) in [4.78, 5) is 27.5. The maximum absolute atomic E-state index is 12.4. The summed E-state index contributed by atoms with van der Waals surface area (Å²) in [6, 6.07) is 17.2. The molecular formula is C26H21ClN2O6. The van der Waals surface area contributed by atoms with E-state index in [1.165, 1.54) is 12.1 Å². The van der Waals surface area contributed by atoms with Gasteiger partial charge in [-0.05, 0) is 61.4 Å². The Labute approximate surface area is 206 Å². The topological polar surface area (TPSA) is 100 Å². The Morgan fingerprint density at radius 1 is 1.09 bits per heavy atom. The van der Waals surface area contributed by atoms with E-state index in [0.717, 1.165) is 5.56 Å². The summed E-state index contributed by atoms with van der Waals surface area (Å²) >= 11 is 5.93. The van der Waals surface area contributed by atoms with Crippen LogP contribution in [0.1, 0.15) is 29.2 Å². The molecule has 0 aromatic heterocycles. The maximum Gasteiger partial charge on any atom is 0.363 e. The Balaban J connectivity index is 1.59. The van der Waals surface area contributed by atoms with Crippen LogP contribution in [0.25, 0.3) is 6.08 Å². The Hall–Kier alpha value is -4.17. The number of hydrogen-bond donors (Lipinski definition) is 0. The first kappa shape index (κ1) is 24.0. The number of ether oxygens (including phenoxy) is 3. The zero-order valence-corrected chi connectivity index (χ0v) is 19.7. The number of nitro groups is 1. The summed E-state index contributed by atoms with van der Waals surface area (Å²) in [6.07, 6.45) is 1.56. The molecule has 9 heteroatoms. The summed E-state index contributed by atoms with van der Waals surface area (Å²) in [5.74, 6) is 0.442. The van der Waals surface area contributed by atoms with Gasteiger partial charge in [-0.25, -0.2) is 9.79 Å². The standard InChI is InChI=1S/C26H21ClN2O6/c1-3-33-24-14-18(9-12-23(24)34-15-17-7-10-19(27)11-8-17)13-21-26(30)35-25(28-21)20-5-4-6-22(16(20)2)29(31)32/h4-14H,3,15H2,1-2H3/b21-13-. The summed E-state index contributed by atoms with van der Waals surface area (Å²) < 4.78 is 16.9. The molecule has 1 aliphatic heterocycles. The Morgan fingerprint density at radius 2 is 1.86 bits per heavy atom. The fraction of sp³-hybridized carbons (Fsp3) is 0.154. The molecule has 0 aliphatic carbocycles. The van der Waals surface area contributed by atoms with Gasteiger partial charge in [0, 0.05) is 22.2 Å². The summed E-state index contributed by atoms with van der Waals surface area (Å²) in [5, 5.41) is 11.9. The third kappa shape index (κ3) is 5.50. The second-order valence-electron chi connectivity index (χ2n) is 7.60. The van der Waals surface area contributed by atoms with Crippen LogP contribution in [0.3, 0.4) is 0 Å². The molecule has 1 aliphatic rings. The number of halogens is 1. The zero-order valence-electron chi connectivity index (χ0n) is 19.0. The molecule has 3 aromatic carbocycles. The second kappa shape index (κ2) is 10.4. The Morgan fingerprint density at radius 3 is 2.57 bits per heavy atom. The molecule has 1 heterocycles. The number of benzene rings is 3. The fourth-order valence-electron chi connectivity index (χ4n) is 3.48. The molecule has 0 unspecified atom stereocenters. The predicted molar refractivity (Wildman–Crippen MR) is 132 cm³/mol. The van der Waals surface area contributed by atoms with Crippen molar-refractivity contribution < 1.29 is 23.9 Å². The van der Waals surface area contributed by atoms with Crippen LogP contribution in [0.5, 0.6) is 11.5 Å². The van der Waals surface area contributed by atoms with Gasteiger partial charge < -0.3 is 14.2 Å². The molecular weight excluding hydrogens is 472 g/mol. The van der Waals surface area contributed by atoms with E-state index in [9.17, 15) is 14.9 Å². The predicted octanol–water partition coefficient (Wildman–Crippen LogP) is 5.88. The highest BCUT2D eigenvalue weighted by Crippen LogP contribution is 2.31. The number of nitrogens with zero attached hydrogens (tertiary/aromatic N) is 2. The van der Waals surface area contributed by atoms with Crippen molar-refractivity contribution in [3.63, 3.8) is 0 Å². The summed E-state index contributed by atoms with van der Waals surface area (Å²) in [6.45, 7) is 4.21. The lowest BCUT2D eigenvalue weighted by Crippen LogP contribution is -2.08. The molecule has 8 nitrogen and oxygen atoms in total. The van der Waals surface area contributed by atoms with Gasteiger partial charge in [0.2, 0.25) is 5.90 Å². The third-order valence-corrected chi connectivity index (χ3v) is 5.48. The van der Waals surface area contributed by atoms with E-state index in [0.29, 0.717) is 46.4 Å². The zero-order chi connectivity index (χ0) is 24.9. The van der Waals surface area contributed by atoms with Gasteiger partial charge in [0.25, 0.3) is 5.69 Å². The van der Waals surface area contributed by atoms with E-state index in [2.05, 4.69) is 4.99 Å². The lowest BCUT2D eigenvalue weighted by molar-refractivity contribution is -0.385. The monoisotopic (exact) mass is 492 g/mol. The minimum Gasteiger partial charge on any atom is -0.490 e. The van der Waals surface area contributed by atoms with Crippen molar-refractivity contribution in [1.29, 1.82) is 0 Å². The molecule has 0 spiro atoms. The molecule has 0 atom stereocenters. The van der Waals surface area contributed by atoms with Gasteiger partial charge in [-0.3, -0.25) is 10.1 Å². The number of aliphatic imine (C=N–C) groups is 1. The van der Waals surface area contributed by atoms with Crippen LogP contribution in [0.15, 0.2) is 71.4 Å². The van der Waals surface area contributed by atoms with E-state index in [1.807, 2.05) is 19.1 Å². The van der Waals surface area contributed by atoms with Gasteiger partial charge in [-0.2, -0.15) is 0 Å². The number of nitro benzene ring substituents is 1. The van der Waals surface area contributed by atoms with Gasteiger partial charge in [0.1, 0.15) is 6.61 Å². The lowest BCUT2D eigenvalue weighted by atomic mass is 10.1. The second-order valence-corrected chi connectivity index (χ2v) is 8.03. The van der Waals surface area contributed by atoms with Gasteiger partial charge in [-0.1, -0.05) is 35.9 Å². The first-order valence-electron chi connectivity index (χ1n) is 10.8. The number of carbonyl (C=O) groups is 1. The quantitative estimate of drug-likeness (QED) is 0.168. The molecule has 0 saturated carbocycles. The number of hydrogen-bond acceptors (Lipinski definition) is 7. The smallest absolute Gasteiger partial charge is 0.363 e. The van der Waals surface area contributed by atoms with Crippen molar-refractivity contribution in [2.45, 2.75) is 20.5 Å².